The molecule has 2 amide bonds. The molecule has 0 aromatic carbocycles. The fourth-order valence-corrected chi connectivity index (χ4v) is 2.84. The first-order chi connectivity index (χ1) is 6.98. The average Bonchev–Trinajstić information content (AvgIpc) is 2.15. The third kappa shape index (κ3) is 2.12. The van der Waals surface area contributed by atoms with Crippen molar-refractivity contribution in [1.29, 1.82) is 0 Å². The van der Waals surface area contributed by atoms with E-state index in [2.05, 4.69) is 10.3 Å². The van der Waals surface area contributed by atoms with Gasteiger partial charge < -0.3 is 10.2 Å². The molecule has 1 fully saturated rings. The lowest BCUT2D eigenvalue weighted by Crippen LogP contribution is -2.56. The lowest BCUT2D eigenvalue weighted by molar-refractivity contribution is 0.153. The normalized spacial score (nSPS) is 26.9. The van der Waals surface area contributed by atoms with Gasteiger partial charge in [0.05, 0.1) is 5.25 Å². The summed E-state index contributed by atoms with van der Waals surface area (Å²) in [5, 5.41) is 3.55. The van der Waals surface area contributed by atoms with Gasteiger partial charge in [0.1, 0.15) is 5.84 Å². The van der Waals surface area contributed by atoms with Gasteiger partial charge in [-0.05, 0) is 20.8 Å². The minimum absolute atomic E-state index is 0.108. The number of nitrogens with zero attached hydrogens (tertiary/aromatic N) is 2. The minimum atomic E-state index is -0.135. The lowest BCUT2D eigenvalue weighted by Gasteiger charge is -2.41. The van der Waals surface area contributed by atoms with Crippen molar-refractivity contribution in [1.82, 2.24) is 10.2 Å². The quantitative estimate of drug-likeness (QED) is 0.679. The molecule has 1 unspecified atom stereocenters. The molecule has 1 atom stereocenters. The number of urea groups is 1. The average molecular weight is 227 g/mol. The number of carbonyl (C=O) groups is 1. The first-order valence-corrected chi connectivity index (χ1v) is 6.29. The Morgan fingerprint density at radius 3 is 2.93 bits per heavy atom. The number of rotatable bonds is 0. The Kier molecular flexibility index (Phi) is 2.66. The summed E-state index contributed by atoms with van der Waals surface area (Å²) in [6.45, 7) is 7.84. The standard InChI is InChI=1S/C10H17N3OS/c1-10(2,3)13-6-7-8(12-9(13)14)11-4-5-15-7/h7H,4-6H2,1-3H3,(H,11,12,14). The molecular formula is C10H17N3OS. The molecule has 0 spiro atoms. The first kappa shape index (κ1) is 10.8. The van der Waals surface area contributed by atoms with Crippen molar-refractivity contribution in [3.63, 3.8) is 0 Å². The van der Waals surface area contributed by atoms with Gasteiger partial charge in [-0.1, -0.05) is 0 Å². The van der Waals surface area contributed by atoms with E-state index in [0.29, 0.717) is 5.25 Å². The maximum Gasteiger partial charge on any atom is 0.345 e. The van der Waals surface area contributed by atoms with Crippen LogP contribution in [0.5, 0.6) is 0 Å². The summed E-state index contributed by atoms with van der Waals surface area (Å²) in [5.41, 5.74) is -0.135. The molecule has 1 saturated heterocycles. The zero-order chi connectivity index (χ0) is 11.1. The fraction of sp³-hybridized carbons (Fsp3) is 0.800. The topological polar surface area (TPSA) is 44.7 Å². The highest BCUT2D eigenvalue weighted by Gasteiger charge is 2.36. The van der Waals surface area contributed by atoms with Crippen LogP contribution in [0.25, 0.3) is 0 Å². The summed E-state index contributed by atoms with van der Waals surface area (Å²) in [6.07, 6.45) is 0. The van der Waals surface area contributed by atoms with Crippen LogP contribution in [0.15, 0.2) is 4.99 Å². The second-order valence-corrected chi connectivity index (χ2v) is 6.16. The van der Waals surface area contributed by atoms with Crippen molar-refractivity contribution in [2.75, 3.05) is 18.8 Å². The Morgan fingerprint density at radius 1 is 1.53 bits per heavy atom. The summed E-state index contributed by atoms with van der Waals surface area (Å²) >= 11 is 1.88. The van der Waals surface area contributed by atoms with Gasteiger partial charge in [0.25, 0.3) is 0 Å². The van der Waals surface area contributed by atoms with Crippen LogP contribution in [0.1, 0.15) is 20.8 Å². The summed E-state index contributed by atoms with van der Waals surface area (Å²) < 4.78 is 0. The SMILES string of the molecule is CC(C)(C)N1CC2SCCNC2=NC1=O. The molecule has 0 aliphatic carbocycles. The van der Waals surface area contributed by atoms with Crippen molar-refractivity contribution in [3.05, 3.63) is 0 Å². The van der Waals surface area contributed by atoms with Crippen molar-refractivity contribution in [2.24, 2.45) is 4.99 Å². The van der Waals surface area contributed by atoms with Crippen LogP contribution in [-0.2, 0) is 0 Å². The molecule has 2 aliphatic heterocycles. The van der Waals surface area contributed by atoms with Gasteiger partial charge in [-0.15, -0.1) is 11.8 Å². The van der Waals surface area contributed by atoms with Crippen LogP contribution >= 0.6 is 11.8 Å². The van der Waals surface area contributed by atoms with Crippen molar-refractivity contribution in [2.45, 2.75) is 31.6 Å². The molecule has 0 saturated carbocycles. The van der Waals surface area contributed by atoms with E-state index in [-0.39, 0.29) is 11.6 Å². The van der Waals surface area contributed by atoms with Gasteiger partial charge in [-0.2, -0.15) is 4.99 Å². The molecule has 2 heterocycles. The molecule has 4 nitrogen and oxygen atoms in total. The number of nitrogens with one attached hydrogen (secondary N) is 1. The third-order valence-corrected chi connectivity index (χ3v) is 3.85. The van der Waals surface area contributed by atoms with Gasteiger partial charge >= 0.3 is 6.03 Å². The van der Waals surface area contributed by atoms with Crippen LogP contribution in [0.2, 0.25) is 0 Å². The summed E-state index contributed by atoms with van der Waals surface area (Å²) in [5.74, 6) is 1.97. The number of thioether (sulfide) groups is 1. The number of hydrogen-bond donors (Lipinski definition) is 1. The fourth-order valence-electron chi connectivity index (χ4n) is 1.79. The minimum Gasteiger partial charge on any atom is -0.372 e. The van der Waals surface area contributed by atoms with Gasteiger partial charge in [0.2, 0.25) is 0 Å². The molecule has 2 rings (SSSR count). The molecule has 0 bridgehead atoms. The van der Waals surface area contributed by atoms with Gasteiger partial charge in [-0.3, -0.25) is 0 Å². The number of aliphatic imine (C=N–C) groups is 1. The largest absolute Gasteiger partial charge is 0.372 e. The van der Waals surface area contributed by atoms with Gasteiger partial charge in [-0.25, -0.2) is 4.79 Å². The second-order valence-electron chi connectivity index (χ2n) is 4.85. The molecule has 1 N–H and O–H groups in total. The molecular weight excluding hydrogens is 210 g/mol. The Balaban J connectivity index is 2.21. The predicted octanol–water partition coefficient (Wildman–Crippen LogP) is 1.32. The van der Waals surface area contributed by atoms with E-state index >= 15 is 0 Å². The first-order valence-electron chi connectivity index (χ1n) is 5.24. The second kappa shape index (κ2) is 3.70. The zero-order valence-electron chi connectivity index (χ0n) is 9.41. The Labute approximate surface area is 94.5 Å². The van der Waals surface area contributed by atoms with Crippen molar-refractivity contribution < 1.29 is 4.79 Å². The maximum atomic E-state index is 11.8. The Morgan fingerprint density at radius 2 is 2.27 bits per heavy atom. The van der Waals surface area contributed by atoms with Crippen LogP contribution in [0.4, 0.5) is 4.79 Å². The van der Waals surface area contributed by atoms with Crippen molar-refractivity contribution in [3.8, 4) is 0 Å². The zero-order valence-corrected chi connectivity index (χ0v) is 10.2. The van der Waals surface area contributed by atoms with Crippen LogP contribution in [0, 0.1) is 0 Å². The number of amides is 2. The van der Waals surface area contributed by atoms with Crippen LogP contribution in [-0.4, -0.2) is 46.4 Å². The van der Waals surface area contributed by atoms with Gasteiger partial charge in [0, 0.05) is 24.4 Å². The number of amidine groups is 1. The highest BCUT2D eigenvalue weighted by Crippen LogP contribution is 2.25. The van der Waals surface area contributed by atoms with E-state index in [9.17, 15) is 4.79 Å². The van der Waals surface area contributed by atoms with E-state index in [0.717, 1.165) is 24.7 Å². The van der Waals surface area contributed by atoms with E-state index in [4.69, 9.17) is 0 Å². The molecule has 2 aliphatic rings. The highest BCUT2D eigenvalue weighted by atomic mass is 32.2. The van der Waals surface area contributed by atoms with Gasteiger partial charge in [0.15, 0.2) is 0 Å². The monoisotopic (exact) mass is 227 g/mol. The predicted molar refractivity (Wildman–Crippen MR) is 63.5 cm³/mol. The third-order valence-electron chi connectivity index (χ3n) is 2.64. The molecule has 84 valence electrons. The summed E-state index contributed by atoms with van der Waals surface area (Å²) in [6, 6.07) is -0.108. The van der Waals surface area contributed by atoms with Crippen LogP contribution < -0.4 is 5.32 Å². The molecule has 0 aromatic rings. The summed E-state index contributed by atoms with van der Waals surface area (Å²) in [7, 11) is 0. The van der Waals surface area contributed by atoms with Crippen LogP contribution in [0.3, 0.4) is 0 Å². The van der Waals surface area contributed by atoms with Crippen molar-refractivity contribution >= 4 is 23.6 Å². The Hall–Kier alpha value is -0.710. The summed E-state index contributed by atoms with van der Waals surface area (Å²) in [4.78, 5) is 17.8. The molecule has 0 aromatic heterocycles. The molecule has 5 heteroatoms. The lowest BCUT2D eigenvalue weighted by atomic mass is 10.1. The van der Waals surface area contributed by atoms with E-state index in [1.54, 1.807) is 0 Å². The van der Waals surface area contributed by atoms with E-state index in [1.165, 1.54) is 0 Å². The smallest absolute Gasteiger partial charge is 0.345 e. The number of carbonyl (C=O) groups excluding carboxylic acids is 1. The molecule has 15 heavy (non-hydrogen) atoms. The van der Waals surface area contributed by atoms with E-state index < -0.39 is 0 Å². The molecule has 0 radical (unpaired) electrons. The number of fused-ring (bicyclic) bond motifs is 1. The number of hydrogen-bond acceptors (Lipinski definition) is 3. The van der Waals surface area contributed by atoms with E-state index in [1.807, 2.05) is 37.4 Å². The Bertz CT molecular complexity index is 308. The highest BCUT2D eigenvalue weighted by molar-refractivity contribution is 8.00. The maximum absolute atomic E-state index is 11.8.